The van der Waals surface area contributed by atoms with Gasteiger partial charge in [-0.15, -0.1) is 0 Å². The summed E-state index contributed by atoms with van der Waals surface area (Å²) in [6.45, 7) is 3.74. The highest BCUT2D eigenvalue weighted by Crippen LogP contribution is 2.36. The Labute approximate surface area is 174 Å². The highest BCUT2D eigenvalue weighted by Gasteiger charge is 2.37. The zero-order valence-electron chi connectivity index (χ0n) is 16.6. The maximum atomic E-state index is 13.0. The Hall–Kier alpha value is -3.04. The summed E-state index contributed by atoms with van der Waals surface area (Å²) in [7, 11) is 0. The van der Waals surface area contributed by atoms with Crippen molar-refractivity contribution >= 4 is 11.8 Å². The summed E-state index contributed by atoms with van der Waals surface area (Å²) in [5.74, 6) is -1.81. The van der Waals surface area contributed by atoms with Crippen molar-refractivity contribution in [3.8, 4) is 0 Å². The Bertz CT molecular complexity index is 951. The molecular weight excluding hydrogens is 426 g/mol. The molecule has 0 fully saturated rings. The summed E-state index contributed by atoms with van der Waals surface area (Å²) in [4.78, 5) is 24.0. The first-order valence-electron chi connectivity index (χ1n) is 9.10. The molecule has 2 rings (SSSR count). The summed E-state index contributed by atoms with van der Waals surface area (Å²) in [6.07, 6.45) is -10.8. The molecule has 2 amide bonds. The van der Waals surface area contributed by atoms with Crippen molar-refractivity contribution in [3.63, 3.8) is 0 Å². The lowest BCUT2D eigenvalue weighted by Gasteiger charge is -2.17. The minimum absolute atomic E-state index is 0.0205. The van der Waals surface area contributed by atoms with E-state index in [1.165, 1.54) is 0 Å². The molecule has 10 heteroatoms. The fourth-order valence-electron chi connectivity index (χ4n) is 2.94. The molecule has 0 radical (unpaired) electrons. The quantitative estimate of drug-likeness (QED) is 0.656. The van der Waals surface area contributed by atoms with Gasteiger partial charge in [0, 0.05) is 6.42 Å². The van der Waals surface area contributed by atoms with E-state index in [1.54, 1.807) is 12.1 Å². The van der Waals surface area contributed by atoms with Crippen LogP contribution in [0.15, 0.2) is 36.4 Å². The van der Waals surface area contributed by atoms with Crippen LogP contribution in [0.3, 0.4) is 0 Å². The number of amides is 2. The summed E-state index contributed by atoms with van der Waals surface area (Å²) in [5, 5.41) is 2.29. The Morgan fingerprint density at radius 2 is 1.42 bits per heavy atom. The molecular formula is C21H20F6N2O2. The van der Waals surface area contributed by atoms with E-state index in [0.717, 1.165) is 11.1 Å². The Morgan fingerprint density at radius 1 is 0.871 bits per heavy atom. The number of nitrogens with one attached hydrogen (secondary N) is 1. The van der Waals surface area contributed by atoms with Gasteiger partial charge < -0.3 is 11.1 Å². The van der Waals surface area contributed by atoms with Crippen molar-refractivity contribution in [3.05, 3.63) is 69.8 Å². The summed E-state index contributed by atoms with van der Waals surface area (Å²) < 4.78 is 77.8. The van der Waals surface area contributed by atoms with Crippen LogP contribution in [0.4, 0.5) is 26.3 Å². The molecule has 0 spiro atoms. The van der Waals surface area contributed by atoms with Gasteiger partial charge in [-0.05, 0) is 54.3 Å². The van der Waals surface area contributed by atoms with Gasteiger partial charge in [0.2, 0.25) is 11.8 Å². The molecule has 0 heterocycles. The van der Waals surface area contributed by atoms with Gasteiger partial charge in [-0.3, -0.25) is 9.59 Å². The predicted octanol–water partition coefficient (Wildman–Crippen LogP) is 4.10. The predicted molar refractivity (Wildman–Crippen MR) is 101 cm³/mol. The molecule has 1 atom stereocenters. The van der Waals surface area contributed by atoms with Crippen LogP contribution < -0.4 is 11.1 Å². The Balaban J connectivity index is 2.22. The molecule has 0 aliphatic rings. The third-order valence-electron chi connectivity index (χ3n) is 4.70. The first kappa shape index (κ1) is 24.2. The molecule has 0 aromatic heterocycles. The van der Waals surface area contributed by atoms with E-state index in [-0.39, 0.29) is 12.5 Å². The van der Waals surface area contributed by atoms with Crippen LogP contribution in [0.25, 0.3) is 0 Å². The molecule has 0 unspecified atom stereocenters. The van der Waals surface area contributed by atoms with Crippen molar-refractivity contribution in [2.75, 3.05) is 0 Å². The second kappa shape index (κ2) is 8.99. The zero-order chi connectivity index (χ0) is 23.6. The monoisotopic (exact) mass is 446 g/mol. The number of carbonyl (C=O) groups is 2. The summed E-state index contributed by atoms with van der Waals surface area (Å²) in [5.41, 5.74) is 4.40. The Morgan fingerprint density at radius 3 is 1.87 bits per heavy atom. The van der Waals surface area contributed by atoms with Crippen LogP contribution in [-0.4, -0.2) is 17.9 Å². The second-order valence-electron chi connectivity index (χ2n) is 7.24. The first-order chi connectivity index (χ1) is 14.2. The second-order valence-corrected chi connectivity index (χ2v) is 7.24. The van der Waals surface area contributed by atoms with Gasteiger partial charge in [0.05, 0.1) is 17.5 Å². The lowest BCUT2D eigenvalue weighted by molar-refractivity contribution is -0.143. The number of rotatable bonds is 6. The van der Waals surface area contributed by atoms with Gasteiger partial charge in [-0.25, -0.2) is 0 Å². The zero-order valence-corrected chi connectivity index (χ0v) is 16.6. The molecule has 0 aliphatic carbocycles. The van der Waals surface area contributed by atoms with Crippen molar-refractivity contribution < 1.29 is 35.9 Å². The topological polar surface area (TPSA) is 72.2 Å². The van der Waals surface area contributed by atoms with E-state index in [1.807, 2.05) is 19.9 Å². The summed E-state index contributed by atoms with van der Waals surface area (Å²) in [6, 6.07) is 5.07. The molecule has 0 saturated carbocycles. The molecule has 0 bridgehead atoms. The van der Waals surface area contributed by atoms with Crippen LogP contribution >= 0.6 is 0 Å². The molecule has 4 nitrogen and oxygen atoms in total. The molecule has 0 aliphatic heterocycles. The molecule has 31 heavy (non-hydrogen) atoms. The van der Waals surface area contributed by atoms with E-state index in [2.05, 4.69) is 5.32 Å². The van der Waals surface area contributed by atoms with E-state index < -0.39 is 53.3 Å². The van der Waals surface area contributed by atoms with Crippen LogP contribution in [0.2, 0.25) is 0 Å². The number of nitrogens with two attached hydrogens (primary N) is 1. The van der Waals surface area contributed by atoms with Gasteiger partial charge in [-0.1, -0.05) is 18.2 Å². The number of hydrogen-bond acceptors (Lipinski definition) is 2. The fourth-order valence-corrected chi connectivity index (χ4v) is 2.94. The SMILES string of the molecule is Cc1ccc(C[C@@H](NC(=O)Cc2cc(C(F)(F)F)cc(C(F)(F)F)c2)C(N)=O)cc1C. The van der Waals surface area contributed by atoms with E-state index in [9.17, 15) is 35.9 Å². The lowest BCUT2D eigenvalue weighted by atomic mass is 9.99. The molecule has 3 N–H and O–H groups in total. The Kier molecular flexibility index (Phi) is 7.03. The van der Waals surface area contributed by atoms with Gasteiger partial charge in [0.1, 0.15) is 6.04 Å². The maximum Gasteiger partial charge on any atom is 0.416 e. The van der Waals surface area contributed by atoms with E-state index in [0.29, 0.717) is 17.7 Å². The number of halogens is 6. The van der Waals surface area contributed by atoms with Crippen LogP contribution in [-0.2, 0) is 34.8 Å². The highest BCUT2D eigenvalue weighted by molar-refractivity contribution is 5.87. The van der Waals surface area contributed by atoms with E-state index >= 15 is 0 Å². The van der Waals surface area contributed by atoms with E-state index in [4.69, 9.17) is 5.73 Å². The number of hydrogen-bond donors (Lipinski definition) is 2. The van der Waals surface area contributed by atoms with Crippen LogP contribution in [0.5, 0.6) is 0 Å². The largest absolute Gasteiger partial charge is 0.416 e. The first-order valence-corrected chi connectivity index (χ1v) is 9.10. The average Bonchev–Trinajstić information content (AvgIpc) is 2.62. The molecule has 2 aromatic rings. The van der Waals surface area contributed by atoms with Crippen LogP contribution in [0, 0.1) is 13.8 Å². The third kappa shape index (κ3) is 6.73. The van der Waals surface area contributed by atoms with Crippen molar-refractivity contribution in [2.24, 2.45) is 5.73 Å². The van der Waals surface area contributed by atoms with Gasteiger partial charge in [0.15, 0.2) is 0 Å². The summed E-state index contributed by atoms with van der Waals surface area (Å²) >= 11 is 0. The lowest BCUT2D eigenvalue weighted by Crippen LogP contribution is -2.46. The highest BCUT2D eigenvalue weighted by atomic mass is 19.4. The van der Waals surface area contributed by atoms with Crippen LogP contribution in [0.1, 0.15) is 33.4 Å². The molecule has 168 valence electrons. The molecule has 0 saturated heterocycles. The number of aryl methyl sites for hydroxylation is 2. The fraction of sp³-hybridized carbons (Fsp3) is 0.333. The van der Waals surface area contributed by atoms with Gasteiger partial charge in [0.25, 0.3) is 0 Å². The minimum atomic E-state index is -5.02. The van der Waals surface area contributed by atoms with Gasteiger partial charge in [-0.2, -0.15) is 26.3 Å². The van der Waals surface area contributed by atoms with Crippen molar-refractivity contribution in [2.45, 2.75) is 45.1 Å². The van der Waals surface area contributed by atoms with Crippen molar-refractivity contribution in [1.29, 1.82) is 0 Å². The number of primary amides is 1. The number of benzene rings is 2. The number of carbonyl (C=O) groups excluding carboxylic acids is 2. The van der Waals surface area contributed by atoms with Gasteiger partial charge >= 0.3 is 12.4 Å². The minimum Gasteiger partial charge on any atom is -0.368 e. The number of alkyl halides is 6. The smallest absolute Gasteiger partial charge is 0.368 e. The average molecular weight is 446 g/mol. The van der Waals surface area contributed by atoms with Crippen molar-refractivity contribution in [1.82, 2.24) is 5.32 Å². The normalized spacial score (nSPS) is 13.0. The maximum absolute atomic E-state index is 13.0. The third-order valence-corrected chi connectivity index (χ3v) is 4.70. The standard InChI is InChI=1S/C21H20F6N2O2/c1-11-3-4-13(5-12(11)2)8-17(19(28)31)29-18(30)9-14-6-15(20(22,23)24)10-16(7-14)21(25,26)27/h3-7,10,17H,8-9H2,1-2H3,(H2,28,31)(H,29,30)/t17-/m1/s1. The molecule has 2 aromatic carbocycles.